The van der Waals surface area contributed by atoms with Crippen LogP contribution in [0.3, 0.4) is 0 Å². The third-order valence-electron chi connectivity index (χ3n) is 5.48. The number of benzene rings is 2. The summed E-state index contributed by atoms with van der Waals surface area (Å²) in [6.45, 7) is 3.42. The smallest absolute Gasteiger partial charge is 0.321 e. The van der Waals surface area contributed by atoms with Gasteiger partial charge in [-0.1, -0.05) is 41.4 Å². The van der Waals surface area contributed by atoms with Crippen molar-refractivity contribution in [3.8, 4) is 5.75 Å². The van der Waals surface area contributed by atoms with Crippen molar-refractivity contribution in [3.63, 3.8) is 0 Å². The summed E-state index contributed by atoms with van der Waals surface area (Å²) < 4.78 is 6.36. The Kier molecular flexibility index (Phi) is 4.53. The maximum Gasteiger partial charge on any atom is 0.321 e. The standard InChI is InChI=1S/C21H23ClN2O2/c1-15-5-7-17(8-6-15)23-20(25)24-13-11-21(12-14-24)10-9-16-3-2-4-18(22)19(16)26-21/h2-8H,9-14H2,1H3,(H,23,25). The lowest BCUT2D eigenvalue weighted by atomic mass is 9.83. The van der Waals surface area contributed by atoms with Gasteiger partial charge in [-0.3, -0.25) is 0 Å². The van der Waals surface area contributed by atoms with Crippen LogP contribution in [0.4, 0.5) is 10.5 Å². The van der Waals surface area contributed by atoms with E-state index >= 15 is 0 Å². The maximum atomic E-state index is 12.5. The second-order valence-electron chi connectivity index (χ2n) is 7.30. The first-order valence-corrected chi connectivity index (χ1v) is 9.51. The van der Waals surface area contributed by atoms with E-state index in [4.69, 9.17) is 16.3 Å². The first-order valence-electron chi connectivity index (χ1n) is 9.14. The summed E-state index contributed by atoms with van der Waals surface area (Å²) in [5, 5.41) is 3.66. The van der Waals surface area contributed by atoms with Crippen LogP contribution < -0.4 is 10.1 Å². The molecule has 0 unspecified atom stereocenters. The molecule has 0 radical (unpaired) electrons. The van der Waals surface area contributed by atoms with Crippen molar-refractivity contribution in [2.24, 2.45) is 0 Å². The summed E-state index contributed by atoms with van der Waals surface area (Å²) >= 11 is 6.33. The maximum absolute atomic E-state index is 12.5. The molecule has 1 N–H and O–H groups in total. The zero-order valence-electron chi connectivity index (χ0n) is 14.9. The van der Waals surface area contributed by atoms with Crippen LogP contribution in [0, 0.1) is 6.92 Å². The van der Waals surface area contributed by atoms with E-state index in [0.29, 0.717) is 18.1 Å². The van der Waals surface area contributed by atoms with Crippen molar-refractivity contribution in [2.75, 3.05) is 18.4 Å². The predicted molar refractivity (Wildman–Crippen MR) is 104 cm³/mol. The molecule has 2 aliphatic rings. The number of anilines is 1. The summed E-state index contributed by atoms with van der Waals surface area (Å²) in [5.74, 6) is 0.831. The Bertz CT molecular complexity index is 811. The van der Waals surface area contributed by atoms with Crippen LogP contribution in [0.2, 0.25) is 5.02 Å². The molecule has 136 valence electrons. The quantitative estimate of drug-likeness (QED) is 0.764. The van der Waals surface area contributed by atoms with Gasteiger partial charge in [-0.25, -0.2) is 4.79 Å². The molecule has 0 atom stereocenters. The minimum absolute atomic E-state index is 0.0436. The van der Waals surface area contributed by atoms with E-state index in [9.17, 15) is 4.79 Å². The molecule has 0 saturated carbocycles. The molecule has 2 aromatic carbocycles. The van der Waals surface area contributed by atoms with Gasteiger partial charge in [0.05, 0.1) is 5.02 Å². The minimum Gasteiger partial charge on any atom is -0.485 e. The van der Waals surface area contributed by atoms with Gasteiger partial charge in [-0.15, -0.1) is 0 Å². The number of amides is 2. The molecular weight excluding hydrogens is 348 g/mol. The second-order valence-corrected chi connectivity index (χ2v) is 7.70. The number of rotatable bonds is 1. The van der Waals surface area contributed by atoms with Gasteiger partial charge in [0, 0.05) is 31.6 Å². The molecule has 0 aromatic heterocycles. The van der Waals surface area contributed by atoms with Crippen LogP contribution in [-0.2, 0) is 6.42 Å². The second kappa shape index (κ2) is 6.84. The van der Waals surface area contributed by atoms with Crippen LogP contribution in [0.25, 0.3) is 0 Å². The number of hydrogen-bond acceptors (Lipinski definition) is 2. The SMILES string of the molecule is Cc1ccc(NC(=O)N2CCC3(CCc4cccc(Cl)c4O3)CC2)cc1. The van der Waals surface area contributed by atoms with Crippen LogP contribution in [-0.4, -0.2) is 29.6 Å². The number of aryl methyl sites for hydroxylation is 2. The van der Waals surface area contributed by atoms with E-state index in [2.05, 4.69) is 11.4 Å². The molecule has 1 spiro atoms. The lowest BCUT2D eigenvalue weighted by Crippen LogP contribution is -2.52. The number of hydrogen-bond donors (Lipinski definition) is 1. The average Bonchev–Trinajstić information content (AvgIpc) is 2.65. The van der Waals surface area contributed by atoms with E-state index in [-0.39, 0.29) is 11.6 Å². The topological polar surface area (TPSA) is 41.6 Å². The van der Waals surface area contributed by atoms with E-state index in [0.717, 1.165) is 37.1 Å². The van der Waals surface area contributed by atoms with Crippen molar-refractivity contribution in [3.05, 3.63) is 58.6 Å². The summed E-state index contributed by atoms with van der Waals surface area (Å²) in [7, 11) is 0. The minimum atomic E-state index is -0.196. The molecule has 1 saturated heterocycles. The molecule has 0 bridgehead atoms. The van der Waals surface area contributed by atoms with Crippen molar-refractivity contribution in [1.82, 2.24) is 4.90 Å². The summed E-state index contributed by atoms with van der Waals surface area (Å²) in [6, 6.07) is 13.7. The number of piperidine rings is 1. The monoisotopic (exact) mass is 370 g/mol. The Hall–Kier alpha value is -2.20. The van der Waals surface area contributed by atoms with Gasteiger partial charge in [-0.05, 0) is 43.5 Å². The first kappa shape index (κ1) is 17.2. The van der Waals surface area contributed by atoms with Gasteiger partial charge in [0.15, 0.2) is 0 Å². The molecule has 2 amide bonds. The molecule has 2 aliphatic heterocycles. The zero-order valence-corrected chi connectivity index (χ0v) is 15.7. The van der Waals surface area contributed by atoms with Crippen LogP contribution in [0.5, 0.6) is 5.75 Å². The van der Waals surface area contributed by atoms with Gasteiger partial charge >= 0.3 is 6.03 Å². The Morgan fingerprint density at radius 3 is 2.58 bits per heavy atom. The summed E-state index contributed by atoms with van der Waals surface area (Å²) in [6.07, 6.45) is 3.62. The molecule has 5 heteroatoms. The fourth-order valence-electron chi connectivity index (χ4n) is 3.80. The Balaban J connectivity index is 1.39. The number of urea groups is 1. The van der Waals surface area contributed by atoms with Gasteiger partial charge in [0.25, 0.3) is 0 Å². The number of para-hydroxylation sites is 1. The number of ether oxygens (including phenoxy) is 1. The number of nitrogens with one attached hydrogen (secondary N) is 1. The third kappa shape index (κ3) is 3.38. The van der Waals surface area contributed by atoms with E-state index < -0.39 is 0 Å². The highest BCUT2D eigenvalue weighted by Crippen LogP contribution is 2.42. The lowest BCUT2D eigenvalue weighted by molar-refractivity contribution is -0.00426. The molecule has 0 aliphatic carbocycles. The van der Waals surface area contributed by atoms with Gasteiger partial charge in [-0.2, -0.15) is 0 Å². The predicted octanol–water partition coefficient (Wildman–Crippen LogP) is 5.04. The van der Waals surface area contributed by atoms with Crippen molar-refractivity contribution >= 4 is 23.3 Å². The van der Waals surface area contributed by atoms with E-state index in [1.807, 2.05) is 48.2 Å². The average molecular weight is 371 g/mol. The Morgan fingerprint density at radius 1 is 1.12 bits per heavy atom. The Morgan fingerprint density at radius 2 is 1.85 bits per heavy atom. The van der Waals surface area contributed by atoms with Gasteiger partial charge < -0.3 is 15.0 Å². The van der Waals surface area contributed by atoms with Crippen molar-refractivity contribution in [2.45, 2.75) is 38.2 Å². The number of likely N-dealkylation sites (tertiary alicyclic amines) is 1. The summed E-state index contributed by atoms with van der Waals surface area (Å²) in [4.78, 5) is 14.4. The molecular formula is C21H23ClN2O2. The highest BCUT2D eigenvalue weighted by atomic mass is 35.5. The lowest BCUT2D eigenvalue weighted by Gasteiger charge is -2.44. The summed E-state index contributed by atoms with van der Waals surface area (Å²) in [5.41, 5.74) is 2.99. The van der Waals surface area contributed by atoms with E-state index in [1.165, 1.54) is 11.1 Å². The van der Waals surface area contributed by atoms with E-state index in [1.54, 1.807) is 0 Å². The molecule has 2 aromatic rings. The van der Waals surface area contributed by atoms with Crippen LogP contribution in [0.1, 0.15) is 30.4 Å². The molecule has 4 nitrogen and oxygen atoms in total. The highest BCUT2D eigenvalue weighted by molar-refractivity contribution is 6.32. The number of fused-ring (bicyclic) bond motifs is 1. The number of halogens is 1. The van der Waals surface area contributed by atoms with Crippen LogP contribution in [0.15, 0.2) is 42.5 Å². The fraction of sp³-hybridized carbons (Fsp3) is 0.381. The number of carbonyl (C=O) groups excluding carboxylic acids is 1. The first-order chi connectivity index (χ1) is 12.5. The van der Waals surface area contributed by atoms with Crippen molar-refractivity contribution < 1.29 is 9.53 Å². The number of nitrogens with zero attached hydrogens (tertiary/aromatic N) is 1. The Labute approximate surface area is 159 Å². The molecule has 4 rings (SSSR count). The molecule has 2 heterocycles. The van der Waals surface area contributed by atoms with Crippen molar-refractivity contribution in [1.29, 1.82) is 0 Å². The zero-order chi connectivity index (χ0) is 18.1. The molecule has 26 heavy (non-hydrogen) atoms. The third-order valence-corrected chi connectivity index (χ3v) is 5.78. The fourth-order valence-corrected chi connectivity index (χ4v) is 4.04. The van der Waals surface area contributed by atoms with Gasteiger partial charge in [0.1, 0.15) is 11.4 Å². The van der Waals surface area contributed by atoms with Crippen LogP contribution >= 0.6 is 11.6 Å². The molecule has 1 fully saturated rings. The highest BCUT2D eigenvalue weighted by Gasteiger charge is 2.41. The normalized spacial score (nSPS) is 18.2. The van der Waals surface area contributed by atoms with Gasteiger partial charge in [0.2, 0.25) is 0 Å². The largest absolute Gasteiger partial charge is 0.485 e. The number of carbonyl (C=O) groups is 1.